The molecule has 0 spiro atoms. The van der Waals surface area contributed by atoms with Gasteiger partial charge in [-0.1, -0.05) is 60.7 Å². The van der Waals surface area contributed by atoms with Gasteiger partial charge in [0.05, 0.1) is 47.0 Å². The molecule has 2 aromatic rings. The Bertz CT molecular complexity index is 796. The fourth-order valence-electron chi connectivity index (χ4n) is 4.65. The molecule has 0 atom stereocenters. The van der Waals surface area contributed by atoms with Gasteiger partial charge in [0.2, 0.25) is 0 Å². The summed E-state index contributed by atoms with van der Waals surface area (Å²) in [7, 11) is 7.06. The fraction of sp³-hybridized carbons (Fsp3) is 0.519. The number of ether oxygens (including phenoxy) is 1. The van der Waals surface area contributed by atoms with E-state index in [-0.39, 0.29) is 0 Å². The van der Waals surface area contributed by atoms with Crippen molar-refractivity contribution in [1.82, 2.24) is 0 Å². The van der Waals surface area contributed by atoms with E-state index in [1.807, 2.05) is 36.4 Å². The van der Waals surface area contributed by atoms with Crippen molar-refractivity contribution in [3.05, 3.63) is 71.8 Å². The normalized spacial score (nSPS) is 16.6. The Morgan fingerprint density at radius 2 is 1.45 bits per heavy atom. The van der Waals surface area contributed by atoms with E-state index in [4.69, 9.17) is 4.74 Å². The molecule has 0 aliphatic carbocycles. The standard InChI is InChI=1S/C27H39N3O/c1-29(2,18-19-30(3)20-22-31-23-21-30)17-11-10-16-27(24-28,25-12-6-4-7-13-25)26-14-8-5-9-15-26/h4-9,12-15H,10-11,16-23H2,1-3H3/q+2. The van der Waals surface area contributed by atoms with Crippen LogP contribution in [-0.2, 0) is 10.2 Å². The van der Waals surface area contributed by atoms with Gasteiger partial charge in [-0.05, 0) is 30.4 Å². The second-order valence-electron chi connectivity index (χ2n) is 9.99. The van der Waals surface area contributed by atoms with Crippen molar-refractivity contribution in [2.75, 3.05) is 67.1 Å². The van der Waals surface area contributed by atoms with Crippen LogP contribution in [0.5, 0.6) is 0 Å². The van der Waals surface area contributed by atoms with E-state index >= 15 is 0 Å². The summed E-state index contributed by atoms with van der Waals surface area (Å²) in [6, 6.07) is 23.3. The van der Waals surface area contributed by atoms with E-state index in [1.165, 1.54) is 13.1 Å². The summed E-state index contributed by atoms with van der Waals surface area (Å²) < 4.78 is 7.70. The molecule has 0 aromatic heterocycles. The summed E-state index contributed by atoms with van der Waals surface area (Å²) in [5.74, 6) is 0. The maximum absolute atomic E-state index is 10.3. The van der Waals surface area contributed by atoms with Crippen molar-refractivity contribution in [3.63, 3.8) is 0 Å². The number of rotatable bonds is 10. The predicted octanol–water partition coefficient (Wildman–Crippen LogP) is 4.22. The van der Waals surface area contributed by atoms with Gasteiger partial charge in [0.25, 0.3) is 0 Å². The van der Waals surface area contributed by atoms with Crippen molar-refractivity contribution in [2.24, 2.45) is 0 Å². The Labute approximate surface area is 188 Å². The lowest BCUT2D eigenvalue weighted by Crippen LogP contribution is -2.57. The predicted molar refractivity (Wildman–Crippen MR) is 127 cm³/mol. The van der Waals surface area contributed by atoms with Crippen LogP contribution in [0.2, 0.25) is 0 Å². The Balaban J connectivity index is 1.60. The smallest absolute Gasteiger partial charge is 0.128 e. The minimum atomic E-state index is -0.577. The monoisotopic (exact) mass is 421 g/mol. The molecule has 0 saturated carbocycles. The number of likely N-dealkylation sites (N-methyl/N-ethyl adjacent to an activating group) is 2. The number of nitrogens with zero attached hydrogens (tertiary/aromatic N) is 3. The van der Waals surface area contributed by atoms with Crippen molar-refractivity contribution < 1.29 is 13.7 Å². The van der Waals surface area contributed by atoms with Crippen molar-refractivity contribution in [1.29, 1.82) is 5.26 Å². The molecule has 0 unspecified atom stereocenters. The molecule has 4 heteroatoms. The van der Waals surface area contributed by atoms with Crippen LogP contribution < -0.4 is 0 Å². The highest BCUT2D eigenvalue weighted by atomic mass is 16.5. The van der Waals surface area contributed by atoms with Crippen LogP contribution >= 0.6 is 0 Å². The molecule has 0 bridgehead atoms. The first-order valence-electron chi connectivity index (χ1n) is 11.6. The summed E-state index contributed by atoms with van der Waals surface area (Å²) in [4.78, 5) is 0. The highest BCUT2D eigenvalue weighted by Gasteiger charge is 2.34. The van der Waals surface area contributed by atoms with Crippen LogP contribution in [0.3, 0.4) is 0 Å². The van der Waals surface area contributed by atoms with E-state index in [9.17, 15) is 5.26 Å². The fourth-order valence-corrected chi connectivity index (χ4v) is 4.65. The molecule has 1 aliphatic rings. The molecule has 1 aliphatic heterocycles. The summed E-state index contributed by atoms with van der Waals surface area (Å²) >= 11 is 0. The average molecular weight is 422 g/mol. The minimum absolute atomic E-state index is 0.577. The first-order chi connectivity index (χ1) is 14.9. The highest BCUT2D eigenvalue weighted by molar-refractivity contribution is 5.45. The van der Waals surface area contributed by atoms with E-state index in [1.54, 1.807) is 0 Å². The van der Waals surface area contributed by atoms with Gasteiger partial charge in [-0.25, -0.2) is 0 Å². The summed E-state index contributed by atoms with van der Waals surface area (Å²) in [5.41, 5.74) is 1.62. The minimum Gasteiger partial charge on any atom is -0.370 e. The van der Waals surface area contributed by atoms with E-state index < -0.39 is 5.41 Å². The van der Waals surface area contributed by atoms with Crippen LogP contribution in [0.15, 0.2) is 60.7 Å². The lowest BCUT2D eigenvalue weighted by Gasteiger charge is -2.40. The van der Waals surface area contributed by atoms with E-state index in [2.05, 4.69) is 51.5 Å². The molecule has 2 aromatic carbocycles. The molecule has 166 valence electrons. The molecule has 0 radical (unpaired) electrons. The van der Waals surface area contributed by atoms with Crippen LogP contribution in [0.25, 0.3) is 0 Å². The zero-order valence-corrected chi connectivity index (χ0v) is 19.6. The maximum atomic E-state index is 10.3. The second-order valence-corrected chi connectivity index (χ2v) is 9.99. The van der Waals surface area contributed by atoms with Crippen LogP contribution in [-0.4, -0.2) is 76.0 Å². The molecule has 3 rings (SSSR count). The van der Waals surface area contributed by atoms with E-state index in [0.717, 1.165) is 72.2 Å². The first-order valence-corrected chi connectivity index (χ1v) is 11.6. The van der Waals surface area contributed by atoms with Crippen LogP contribution in [0, 0.1) is 11.3 Å². The molecule has 1 saturated heterocycles. The van der Waals surface area contributed by atoms with Crippen molar-refractivity contribution in [3.8, 4) is 6.07 Å². The lowest BCUT2D eigenvalue weighted by molar-refractivity contribution is -0.959. The summed E-state index contributed by atoms with van der Waals surface area (Å²) in [6.07, 6.45) is 3.02. The van der Waals surface area contributed by atoms with Gasteiger partial charge in [-0.3, -0.25) is 0 Å². The van der Waals surface area contributed by atoms with Gasteiger partial charge in [-0.2, -0.15) is 5.26 Å². The molecule has 4 nitrogen and oxygen atoms in total. The van der Waals surface area contributed by atoms with Crippen LogP contribution in [0.4, 0.5) is 0 Å². The van der Waals surface area contributed by atoms with Gasteiger partial charge >= 0.3 is 0 Å². The molecule has 31 heavy (non-hydrogen) atoms. The van der Waals surface area contributed by atoms with E-state index in [0.29, 0.717) is 0 Å². The molecular weight excluding hydrogens is 382 g/mol. The number of unbranched alkanes of at least 4 members (excludes halogenated alkanes) is 1. The topological polar surface area (TPSA) is 33.0 Å². The third-order valence-electron chi connectivity index (χ3n) is 7.09. The zero-order chi connectivity index (χ0) is 22.2. The highest BCUT2D eigenvalue weighted by Crippen LogP contribution is 2.36. The van der Waals surface area contributed by atoms with Crippen molar-refractivity contribution in [2.45, 2.75) is 24.7 Å². The Kier molecular flexibility index (Phi) is 7.89. The number of hydrogen-bond donors (Lipinski definition) is 0. The summed E-state index contributed by atoms with van der Waals surface area (Å²) in [5, 5.41) is 10.3. The maximum Gasteiger partial charge on any atom is 0.128 e. The van der Waals surface area contributed by atoms with Gasteiger partial charge in [0.15, 0.2) is 0 Å². The number of nitriles is 1. The number of morpholine rings is 1. The Hall–Kier alpha value is -2.19. The third kappa shape index (κ3) is 6.17. The molecule has 0 amide bonds. The zero-order valence-electron chi connectivity index (χ0n) is 19.6. The van der Waals surface area contributed by atoms with Gasteiger partial charge < -0.3 is 13.7 Å². The van der Waals surface area contributed by atoms with Gasteiger partial charge in [0, 0.05) is 0 Å². The first kappa shape index (κ1) is 23.5. The third-order valence-corrected chi connectivity index (χ3v) is 7.09. The Morgan fingerprint density at radius 1 is 0.903 bits per heavy atom. The molecule has 1 heterocycles. The number of benzene rings is 2. The van der Waals surface area contributed by atoms with Gasteiger partial charge in [-0.15, -0.1) is 0 Å². The molecule has 1 fully saturated rings. The number of quaternary nitrogens is 2. The van der Waals surface area contributed by atoms with Crippen LogP contribution in [0.1, 0.15) is 30.4 Å². The molecule has 0 N–H and O–H groups in total. The lowest BCUT2D eigenvalue weighted by atomic mass is 9.72. The average Bonchev–Trinajstić information content (AvgIpc) is 2.80. The Morgan fingerprint density at radius 3 is 1.97 bits per heavy atom. The summed E-state index contributed by atoms with van der Waals surface area (Å²) in [6.45, 7) is 7.54. The SMILES string of the molecule is C[N+](C)(CCCCC(C#N)(c1ccccc1)c1ccccc1)CC[N+]1(C)CCOCC1. The van der Waals surface area contributed by atoms with Crippen molar-refractivity contribution >= 4 is 0 Å². The quantitative estimate of drug-likeness (QED) is 0.425. The van der Waals surface area contributed by atoms with Gasteiger partial charge in [0.1, 0.15) is 31.6 Å². The molecular formula is C27H39N3O+2. The largest absolute Gasteiger partial charge is 0.370 e. The number of hydrogen-bond acceptors (Lipinski definition) is 2. The second kappa shape index (κ2) is 10.4.